The molecule has 1 aliphatic heterocycles. The minimum absolute atomic E-state index is 0.0538. The highest BCUT2D eigenvalue weighted by atomic mass is 35.5. The molecule has 0 fully saturated rings. The second-order valence-corrected chi connectivity index (χ2v) is 5.73. The Hall–Kier alpha value is -2.08. The Kier molecular flexibility index (Phi) is 4.02. The van der Waals surface area contributed by atoms with E-state index >= 15 is 0 Å². The fourth-order valence-corrected chi connectivity index (χ4v) is 2.64. The summed E-state index contributed by atoms with van der Waals surface area (Å²) in [5.41, 5.74) is 0. The first-order valence-electron chi connectivity index (χ1n) is 7.14. The number of hydrogen-bond acceptors (Lipinski definition) is 4. The molecule has 2 aromatic rings. The molecular weight excluding hydrogens is 304 g/mol. The first-order valence-corrected chi connectivity index (χ1v) is 7.52. The van der Waals surface area contributed by atoms with Crippen LogP contribution in [0.5, 0.6) is 5.75 Å². The molecule has 0 N–H and O–H groups in total. The summed E-state index contributed by atoms with van der Waals surface area (Å²) >= 11 is 5.84. The molecule has 1 aromatic heterocycles. The number of aromatic nitrogens is 3. The number of halogens is 1. The molecule has 7 heteroatoms. The summed E-state index contributed by atoms with van der Waals surface area (Å²) < 4.78 is 7.72. The normalized spacial score (nSPS) is 15.3. The fourth-order valence-electron chi connectivity index (χ4n) is 2.52. The second-order valence-electron chi connectivity index (χ2n) is 5.29. The molecule has 1 atom stereocenters. The number of amides is 1. The van der Waals surface area contributed by atoms with E-state index in [0.29, 0.717) is 30.4 Å². The third-order valence-electron chi connectivity index (χ3n) is 3.72. The highest BCUT2D eigenvalue weighted by Crippen LogP contribution is 2.18. The van der Waals surface area contributed by atoms with Crippen molar-refractivity contribution in [3.8, 4) is 5.75 Å². The van der Waals surface area contributed by atoms with Gasteiger partial charge in [0.15, 0.2) is 11.9 Å². The van der Waals surface area contributed by atoms with Crippen LogP contribution in [0.1, 0.15) is 18.6 Å². The summed E-state index contributed by atoms with van der Waals surface area (Å²) in [6.07, 6.45) is -0.559. The van der Waals surface area contributed by atoms with Gasteiger partial charge in [-0.1, -0.05) is 11.6 Å². The van der Waals surface area contributed by atoms with Crippen molar-refractivity contribution >= 4 is 17.5 Å². The highest BCUT2D eigenvalue weighted by Gasteiger charge is 2.27. The molecule has 1 aliphatic rings. The Balaban J connectivity index is 1.65. The van der Waals surface area contributed by atoms with E-state index < -0.39 is 6.10 Å². The molecular formula is C15H17ClN4O2. The molecule has 22 heavy (non-hydrogen) atoms. The number of benzene rings is 1. The zero-order valence-electron chi connectivity index (χ0n) is 12.5. The summed E-state index contributed by atoms with van der Waals surface area (Å²) in [7, 11) is 0. The van der Waals surface area contributed by atoms with Crippen molar-refractivity contribution in [3.63, 3.8) is 0 Å². The number of rotatable bonds is 3. The highest BCUT2D eigenvalue weighted by molar-refractivity contribution is 6.30. The Bertz CT molecular complexity index is 683. The SMILES string of the molecule is Cc1nnc2n1CCN(C(=O)C(C)Oc1ccc(Cl)cc1)C2. The molecule has 0 spiro atoms. The summed E-state index contributed by atoms with van der Waals surface area (Å²) in [5, 5.41) is 8.79. The smallest absolute Gasteiger partial charge is 0.263 e. The van der Waals surface area contributed by atoms with Crippen LogP contribution in [0.15, 0.2) is 24.3 Å². The molecule has 1 aromatic carbocycles. The van der Waals surface area contributed by atoms with E-state index in [2.05, 4.69) is 10.2 Å². The van der Waals surface area contributed by atoms with Crippen molar-refractivity contribution in [2.45, 2.75) is 33.0 Å². The minimum atomic E-state index is -0.559. The van der Waals surface area contributed by atoms with Crippen molar-refractivity contribution in [1.82, 2.24) is 19.7 Å². The molecule has 0 saturated carbocycles. The molecule has 3 rings (SSSR count). The molecule has 1 amide bonds. The summed E-state index contributed by atoms with van der Waals surface area (Å²) in [4.78, 5) is 14.3. The predicted octanol–water partition coefficient (Wildman–Crippen LogP) is 2.05. The van der Waals surface area contributed by atoms with Crippen LogP contribution < -0.4 is 4.74 Å². The van der Waals surface area contributed by atoms with Gasteiger partial charge in [-0.05, 0) is 38.1 Å². The largest absolute Gasteiger partial charge is 0.481 e. The van der Waals surface area contributed by atoms with Crippen molar-refractivity contribution in [2.75, 3.05) is 6.54 Å². The number of fused-ring (bicyclic) bond motifs is 1. The van der Waals surface area contributed by atoms with Crippen LogP contribution in [-0.2, 0) is 17.9 Å². The van der Waals surface area contributed by atoms with Gasteiger partial charge in [-0.3, -0.25) is 4.79 Å². The van der Waals surface area contributed by atoms with Crippen molar-refractivity contribution < 1.29 is 9.53 Å². The maximum Gasteiger partial charge on any atom is 0.263 e. The van der Waals surface area contributed by atoms with Gasteiger partial charge >= 0.3 is 0 Å². The van der Waals surface area contributed by atoms with Crippen LogP contribution >= 0.6 is 11.6 Å². The fraction of sp³-hybridized carbons (Fsp3) is 0.400. The van der Waals surface area contributed by atoms with E-state index in [9.17, 15) is 4.79 Å². The molecule has 116 valence electrons. The number of ether oxygens (including phenoxy) is 1. The second kappa shape index (κ2) is 5.96. The van der Waals surface area contributed by atoms with E-state index in [0.717, 1.165) is 11.6 Å². The number of nitrogens with zero attached hydrogens (tertiary/aromatic N) is 4. The lowest BCUT2D eigenvalue weighted by Crippen LogP contribution is -2.44. The number of hydrogen-bond donors (Lipinski definition) is 0. The molecule has 2 heterocycles. The van der Waals surface area contributed by atoms with E-state index in [1.165, 1.54) is 0 Å². The molecule has 0 aliphatic carbocycles. The Morgan fingerprint density at radius 1 is 1.27 bits per heavy atom. The number of carbonyl (C=O) groups is 1. The average Bonchev–Trinajstić information content (AvgIpc) is 2.89. The average molecular weight is 321 g/mol. The van der Waals surface area contributed by atoms with Crippen LogP contribution in [0, 0.1) is 6.92 Å². The topological polar surface area (TPSA) is 60.2 Å². The zero-order chi connectivity index (χ0) is 15.7. The quantitative estimate of drug-likeness (QED) is 0.868. The molecule has 6 nitrogen and oxygen atoms in total. The molecule has 0 radical (unpaired) electrons. The Morgan fingerprint density at radius 3 is 2.73 bits per heavy atom. The third kappa shape index (κ3) is 2.92. The van der Waals surface area contributed by atoms with E-state index in [4.69, 9.17) is 16.3 Å². The van der Waals surface area contributed by atoms with Gasteiger partial charge in [0.1, 0.15) is 11.6 Å². The standard InChI is InChI=1S/C15H17ClN4O2/c1-10(22-13-5-3-12(16)4-6-13)15(21)19-7-8-20-11(2)17-18-14(20)9-19/h3-6,10H,7-9H2,1-2H3. The van der Waals surface area contributed by atoms with Crippen molar-refractivity contribution in [2.24, 2.45) is 0 Å². The molecule has 0 saturated heterocycles. The first-order chi connectivity index (χ1) is 10.5. The lowest BCUT2D eigenvalue weighted by atomic mass is 10.2. The van der Waals surface area contributed by atoms with E-state index in [1.54, 1.807) is 36.1 Å². The van der Waals surface area contributed by atoms with Crippen LogP contribution in [-0.4, -0.2) is 38.2 Å². The van der Waals surface area contributed by atoms with Crippen LogP contribution in [0.25, 0.3) is 0 Å². The van der Waals surface area contributed by atoms with Gasteiger partial charge in [0.25, 0.3) is 5.91 Å². The van der Waals surface area contributed by atoms with E-state index in [-0.39, 0.29) is 5.91 Å². The number of carbonyl (C=O) groups excluding carboxylic acids is 1. The third-order valence-corrected chi connectivity index (χ3v) is 3.98. The van der Waals surface area contributed by atoms with Gasteiger partial charge in [0.05, 0.1) is 6.54 Å². The van der Waals surface area contributed by atoms with Crippen LogP contribution in [0.4, 0.5) is 0 Å². The van der Waals surface area contributed by atoms with Gasteiger partial charge in [0, 0.05) is 18.1 Å². The van der Waals surface area contributed by atoms with Gasteiger partial charge in [0.2, 0.25) is 0 Å². The summed E-state index contributed by atoms with van der Waals surface area (Å²) in [6, 6.07) is 6.98. The maximum absolute atomic E-state index is 12.5. The van der Waals surface area contributed by atoms with Gasteiger partial charge < -0.3 is 14.2 Å². The molecule has 1 unspecified atom stereocenters. The molecule has 0 bridgehead atoms. The zero-order valence-corrected chi connectivity index (χ0v) is 13.2. The van der Waals surface area contributed by atoms with Gasteiger partial charge in [-0.2, -0.15) is 0 Å². The number of aryl methyl sites for hydroxylation is 1. The Labute approximate surface area is 133 Å². The predicted molar refractivity (Wildman–Crippen MR) is 81.7 cm³/mol. The maximum atomic E-state index is 12.5. The first kappa shape index (κ1) is 14.8. The van der Waals surface area contributed by atoms with Crippen LogP contribution in [0.2, 0.25) is 5.02 Å². The monoisotopic (exact) mass is 320 g/mol. The lowest BCUT2D eigenvalue weighted by Gasteiger charge is -2.29. The summed E-state index contributed by atoms with van der Waals surface area (Å²) in [6.45, 7) is 5.49. The Morgan fingerprint density at radius 2 is 2.00 bits per heavy atom. The van der Waals surface area contributed by atoms with Crippen molar-refractivity contribution in [1.29, 1.82) is 0 Å². The van der Waals surface area contributed by atoms with Crippen LogP contribution in [0.3, 0.4) is 0 Å². The van der Waals surface area contributed by atoms with E-state index in [1.807, 2.05) is 11.5 Å². The lowest BCUT2D eigenvalue weighted by molar-refractivity contribution is -0.139. The van der Waals surface area contributed by atoms with Gasteiger partial charge in [-0.25, -0.2) is 0 Å². The van der Waals surface area contributed by atoms with Crippen molar-refractivity contribution in [3.05, 3.63) is 40.9 Å². The van der Waals surface area contributed by atoms with Gasteiger partial charge in [-0.15, -0.1) is 10.2 Å². The summed E-state index contributed by atoms with van der Waals surface area (Å²) in [5.74, 6) is 2.27. The minimum Gasteiger partial charge on any atom is -0.481 e.